The second-order valence-corrected chi connectivity index (χ2v) is 3.81. The average Bonchev–Trinajstić information content (AvgIpc) is 2.49. The molecule has 1 aliphatic rings. The Bertz CT molecular complexity index is 378. The molecule has 0 heterocycles. The first-order valence-corrected chi connectivity index (χ1v) is 4.89. The van der Waals surface area contributed by atoms with Crippen LogP contribution in [0.4, 0.5) is 4.79 Å². The normalized spacial score (nSPS) is 19.1. The molecule has 3 nitrogen and oxygen atoms in total. The number of fused-ring (bicyclic) bond motifs is 1. The standard InChI is InChI=1S/C10H11ClN2O/c11-8-3-1-2-7-6(8)4-5-9(7)13-10(12)14/h1-3,9H,4-5H2,(H3,12,13,14). The van der Waals surface area contributed by atoms with Crippen LogP contribution in [0.15, 0.2) is 18.2 Å². The van der Waals surface area contributed by atoms with Gasteiger partial charge in [-0.3, -0.25) is 0 Å². The maximum absolute atomic E-state index is 10.7. The maximum atomic E-state index is 10.7. The molecule has 2 rings (SSSR count). The van der Waals surface area contributed by atoms with Crippen LogP contribution in [0.1, 0.15) is 23.6 Å². The summed E-state index contributed by atoms with van der Waals surface area (Å²) in [5.74, 6) is 0. The van der Waals surface area contributed by atoms with Crippen LogP contribution in [0, 0.1) is 0 Å². The number of nitrogens with two attached hydrogens (primary N) is 1. The summed E-state index contributed by atoms with van der Waals surface area (Å²) in [6.07, 6.45) is 1.78. The lowest BCUT2D eigenvalue weighted by molar-refractivity contribution is 0.245. The number of hydrogen-bond acceptors (Lipinski definition) is 1. The van der Waals surface area contributed by atoms with E-state index in [0.29, 0.717) is 0 Å². The van der Waals surface area contributed by atoms with E-state index in [4.69, 9.17) is 17.3 Å². The van der Waals surface area contributed by atoms with Crippen LogP contribution in [0.5, 0.6) is 0 Å². The fourth-order valence-corrected chi connectivity index (χ4v) is 2.21. The van der Waals surface area contributed by atoms with Crippen LogP contribution in [-0.4, -0.2) is 6.03 Å². The van der Waals surface area contributed by atoms with Crippen LogP contribution in [0.25, 0.3) is 0 Å². The number of hydrogen-bond donors (Lipinski definition) is 2. The van der Waals surface area contributed by atoms with Crippen molar-refractivity contribution in [3.8, 4) is 0 Å². The van der Waals surface area contributed by atoms with Gasteiger partial charge in [0.25, 0.3) is 0 Å². The van der Waals surface area contributed by atoms with Gasteiger partial charge in [-0.15, -0.1) is 0 Å². The Morgan fingerprint density at radius 1 is 1.57 bits per heavy atom. The van der Waals surface area contributed by atoms with Crippen molar-refractivity contribution in [1.29, 1.82) is 0 Å². The fraction of sp³-hybridized carbons (Fsp3) is 0.300. The summed E-state index contributed by atoms with van der Waals surface area (Å²) in [4.78, 5) is 10.7. The zero-order chi connectivity index (χ0) is 10.1. The Morgan fingerprint density at radius 3 is 3.07 bits per heavy atom. The van der Waals surface area contributed by atoms with Gasteiger partial charge in [-0.25, -0.2) is 4.79 Å². The Kier molecular flexibility index (Phi) is 2.33. The lowest BCUT2D eigenvalue weighted by Gasteiger charge is -2.11. The number of primary amides is 1. The van der Waals surface area contributed by atoms with Gasteiger partial charge in [0.05, 0.1) is 6.04 Å². The molecule has 1 aliphatic carbocycles. The van der Waals surface area contributed by atoms with E-state index in [-0.39, 0.29) is 6.04 Å². The molecule has 0 fully saturated rings. The number of benzene rings is 1. The highest BCUT2D eigenvalue weighted by Gasteiger charge is 2.24. The number of urea groups is 1. The van der Waals surface area contributed by atoms with Gasteiger partial charge in [0, 0.05) is 5.02 Å². The summed E-state index contributed by atoms with van der Waals surface area (Å²) in [6.45, 7) is 0. The second-order valence-electron chi connectivity index (χ2n) is 3.41. The highest BCUT2D eigenvalue weighted by atomic mass is 35.5. The lowest BCUT2D eigenvalue weighted by Crippen LogP contribution is -2.32. The van der Waals surface area contributed by atoms with Crippen LogP contribution < -0.4 is 11.1 Å². The van der Waals surface area contributed by atoms with Gasteiger partial charge in [-0.05, 0) is 30.0 Å². The first-order chi connectivity index (χ1) is 6.68. The van der Waals surface area contributed by atoms with E-state index < -0.39 is 6.03 Å². The third kappa shape index (κ3) is 1.55. The molecular formula is C10H11ClN2O. The summed E-state index contributed by atoms with van der Waals surface area (Å²) < 4.78 is 0. The van der Waals surface area contributed by atoms with Crippen molar-refractivity contribution in [2.24, 2.45) is 5.73 Å². The molecule has 3 N–H and O–H groups in total. The summed E-state index contributed by atoms with van der Waals surface area (Å²) in [5.41, 5.74) is 7.31. The van der Waals surface area contributed by atoms with Gasteiger partial charge in [-0.1, -0.05) is 23.7 Å². The zero-order valence-electron chi connectivity index (χ0n) is 7.59. The lowest BCUT2D eigenvalue weighted by atomic mass is 10.1. The van der Waals surface area contributed by atoms with Crippen molar-refractivity contribution >= 4 is 17.6 Å². The Hall–Kier alpha value is -1.22. The number of rotatable bonds is 1. The van der Waals surface area contributed by atoms with E-state index in [2.05, 4.69) is 5.32 Å². The topological polar surface area (TPSA) is 55.1 Å². The van der Waals surface area contributed by atoms with E-state index in [1.54, 1.807) is 0 Å². The molecule has 0 bridgehead atoms. The monoisotopic (exact) mass is 210 g/mol. The van der Waals surface area contributed by atoms with E-state index in [9.17, 15) is 4.79 Å². The number of halogens is 1. The Labute approximate surface area is 87.2 Å². The van der Waals surface area contributed by atoms with Crippen molar-refractivity contribution < 1.29 is 4.79 Å². The summed E-state index contributed by atoms with van der Waals surface area (Å²) in [5, 5.41) is 3.48. The van der Waals surface area contributed by atoms with Crippen molar-refractivity contribution in [3.63, 3.8) is 0 Å². The van der Waals surface area contributed by atoms with Gasteiger partial charge in [0.1, 0.15) is 0 Å². The minimum atomic E-state index is -0.483. The van der Waals surface area contributed by atoms with Crippen LogP contribution in [-0.2, 0) is 6.42 Å². The first kappa shape index (κ1) is 9.34. The molecule has 0 saturated carbocycles. The van der Waals surface area contributed by atoms with Gasteiger partial charge in [0.15, 0.2) is 0 Å². The molecule has 1 unspecified atom stereocenters. The number of carbonyl (C=O) groups is 1. The van der Waals surface area contributed by atoms with Crippen LogP contribution >= 0.6 is 11.6 Å². The van der Waals surface area contributed by atoms with Crippen molar-refractivity contribution in [2.75, 3.05) is 0 Å². The molecule has 0 aromatic heterocycles. The molecule has 4 heteroatoms. The number of amides is 2. The van der Waals surface area contributed by atoms with E-state index in [1.165, 1.54) is 0 Å². The summed E-state index contributed by atoms with van der Waals surface area (Å²) in [7, 11) is 0. The minimum absolute atomic E-state index is 0.0289. The van der Waals surface area contributed by atoms with Gasteiger partial charge in [0.2, 0.25) is 0 Å². The molecule has 74 valence electrons. The molecule has 0 saturated heterocycles. The highest BCUT2D eigenvalue weighted by molar-refractivity contribution is 6.31. The molecule has 1 atom stereocenters. The summed E-state index contributed by atoms with van der Waals surface area (Å²) >= 11 is 6.03. The Balaban J connectivity index is 2.30. The third-order valence-electron chi connectivity index (χ3n) is 2.53. The smallest absolute Gasteiger partial charge is 0.312 e. The largest absolute Gasteiger partial charge is 0.352 e. The molecule has 1 aromatic rings. The summed E-state index contributed by atoms with van der Waals surface area (Å²) in [6, 6.07) is 5.29. The molecule has 1 aromatic carbocycles. The third-order valence-corrected chi connectivity index (χ3v) is 2.88. The minimum Gasteiger partial charge on any atom is -0.352 e. The van der Waals surface area contributed by atoms with Crippen LogP contribution in [0.3, 0.4) is 0 Å². The first-order valence-electron chi connectivity index (χ1n) is 4.51. The van der Waals surface area contributed by atoms with E-state index in [0.717, 1.165) is 29.0 Å². The Morgan fingerprint density at radius 2 is 2.36 bits per heavy atom. The molecule has 0 spiro atoms. The molecule has 2 amide bonds. The quantitative estimate of drug-likeness (QED) is 0.732. The predicted octanol–water partition coefficient (Wildman–Crippen LogP) is 2.00. The maximum Gasteiger partial charge on any atom is 0.312 e. The second kappa shape index (κ2) is 3.50. The predicted molar refractivity (Wildman–Crippen MR) is 55.2 cm³/mol. The SMILES string of the molecule is NC(=O)NC1CCc2c(Cl)cccc21. The van der Waals surface area contributed by atoms with Gasteiger partial charge < -0.3 is 11.1 Å². The van der Waals surface area contributed by atoms with Crippen LogP contribution in [0.2, 0.25) is 5.02 Å². The molecular weight excluding hydrogens is 200 g/mol. The average molecular weight is 211 g/mol. The van der Waals surface area contributed by atoms with Gasteiger partial charge >= 0.3 is 6.03 Å². The van der Waals surface area contributed by atoms with E-state index >= 15 is 0 Å². The van der Waals surface area contributed by atoms with Gasteiger partial charge in [-0.2, -0.15) is 0 Å². The van der Waals surface area contributed by atoms with E-state index in [1.807, 2.05) is 18.2 Å². The molecule has 0 aliphatic heterocycles. The van der Waals surface area contributed by atoms with Crippen molar-refractivity contribution in [3.05, 3.63) is 34.3 Å². The molecule has 14 heavy (non-hydrogen) atoms. The number of nitrogens with one attached hydrogen (secondary N) is 1. The number of carbonyl (C=O) groups excluding carboxylic acids is 1. The molecule has 0 radical (unpaired) electrons. The highest BCUT2D eigenvalue weighted by Crippen LogP contribution is 2.35. The van der Waals surface area contributed by atoms with Crippen molar-refractivity contribution in [1.82, 2.24) is 5.32 Å². The zero-order valence-corrected chi connectivity index (χ0v) is 8.34. The van der Waals surface area contributed by atoms with Crippen molar-refractivity contribution in [2.45, 2.75) is 18.9 Å². The fourth-order valence-electron chi connectivity index (χ4n) is 1.93.